The van der Waals surface area contributed by atoms with E-state index in [4.69, 9.17) is 0 Å². The lowest BCUT2D eigenvalue weighted by Crippen LogP contribution is -2.42. The number of nitrogens with one attached hydrogen (secondary N) is 2. The third-order valence-corrected chi connectivity index (χ3v) is 2.49. The minimum Gasteiger partial charge on any atom is -0.314 e. The zero-order chi connectivity index (χ0) is 9.10. The first-order chi connectivity index (χ1) is 6.36. The second kappa shape index (κ2) is 5.35. The van der Waals surface area contributed by atoms with Crippen LogP contribution in [-0.2, 0) is 0 Å². The maximum Gasteiger partial charge on any atom is 0.0447 e. The molecule has 1 aliphatic rings. The highest BCUT2D eigenvalue weighted by atomic mass is 35.5. The van der Waals surface area contributed by atoms with Crippen LogP contribution < -0.4 is 10.6 Å². The Labute approximate surface area is 91.5 Å². The van der Waals surface area contributed by atoms with Gasteiger partial charge in [0.15, 0.2) is 0 Å². The van der Waals surface area contributed by atoms with Crippen molar-refractivity contribution in [3.63, 3.8) is 0 Å². The van der Waals surface area contributed by atoms with E-state index in [0.717, 1.165) is 19.6 Å². The molecule has 2 nitrogen and oxygen atoms in total. The molecule has 0 amide bonds. The van der Waals surface area contributed by atoms with Gasteiger partial charge in [0.25, 0.3) is 0 Å². The summed E-state index contributed by atoms with van der Waals surface area (Å²) < 4.78 is 0. The summed E-state index contributed by atoms with van der Waals surface area (Å²) in [5.41, 5.74) is 2.73. The Morgan fingerprint density at radius 2 is 2.14 bits per heavy atom. The molecule has 3 heteroatoms. The van der Waals surface area contributed by atoms with Crippen molar-refractivity contribution < 1.29 is 0 Å². The molecule has 0 spiro atoms. The molecule has 2 N–H and O–H groups in total. The average Bonchev–Trinajstić information content (AvgIpc) is 2.19. The van der Waals surface area contributed by atoms with E-state index < -0.39 is 0 Å². The van der Waals surface area contributed by atoms with Gasteiger partial charge in [0.2, 0.25) is 0 Å². The van der Waals surface area contributed by atoms with Gasteiger partial charge in [-0.15, -0.1) is 12.4 Å². The van der Waals surface area contributed by atoms with Gasteiger partial charge in [0.05, 0.1) is 0 Å². The predicted molar refractivity (Wildman–Crippen MR) is 62.0 cm³/mol. The number of rotatable bonds is 1. The molecule has 78 valence electrons. The average molecular weight is 213 g/mol. The van der Waals surface area contributed by atoms with E-state index in [-0.39, 0.29) is 12.4 Å². The smallest absolute Gasteiger partial charge is 0.0447 e. The fourth-order valence-corrected chi connectivity index (χ4v) is 1.78. The van der Waals surface area contributed by atoms with E-state index in [1.165, 1.54) is 11.1 Å². The summed E-state index contributed by atoms with van der Waals surface area (Å²) in [6.07, 6.45) is 0. The quantitative estimate of drug-likeness (QED) is 0.740. The van der Waals surface area contributed by atoms with Crippen LogP contribution in [0.2, 0.25) is 0 Å². The molecule has 0 bridgehead atoms. The minimum atomic E-state index is 0. The van der Waals surface area contributed by atoms with Crippen molar-refractivity contribution in [2.75, 3.05) is 19.6 Å². The first-order valence-corrected chi connectivity index (χ1v) is 4.87. The van der Waals surface area contributed by atoms with Crippen molar-refractivity contribution in [2.24, 2.45) is 0 Å². The van der Waals surface area contributed by atoms with Crippen LogP contribution >= 0.6 is 12.4 Å². The molecule has 0 saturated carbocycles. The number of benzene rings is 1. The van der Waals surface area contributed by atoms with E-state index in [1.807, 2.05) is 0 Å². The van der Waals surface area contributed by atoms with Crippen molar-refractivity contribution in [2.45, 2.75) is 13.0 Å². The van der Waals surface area contributed by atoms with Crippen molar-refractivity contribution in [1.82, 2.24) is 10.6 Å². The Bertz CT molecular complexity index is 282. The molecule has 1 aliphatic heterocycles. The maximum absolute atomic E-state index is 3.50. The standard InChI is InChI=1S/C11H16N2.ClH/c1-9-3-2-4-10(7-9)11-8-12-5-6-13-11;/h2-4,7,11-13H,5-6,8H2,1H3;1H/t11-;/m0./s1. The molecule has 1 fully saturated rings. The molecule has 1 saturated heterocycles. The zero-order valence-corrected chi connectivity index (χ0v) is 9.23. The van der Waals surface area contributed by atoms with Crippen LogP contribution in [0, 0.1) is 6.92 Å². The van der Waals surface area contributed by atoms with Gasteiger partial charge in [-0.05, 0) is 12.5 Å². The SMILES string of the molecule is Cc1cccc([C@@H]2CNCCN2)c1.Cl. The van der Waals surface area contributed by atoms with Crippen molar-refractivity contribution in [3.8, 4) is 0 Å². The Kier molecular flexibility index (Phi) is 4.39. The van der Waals surface area contributed by atoms with Crippen LogP contribution in [0.1, 0.15) is 17.2 Å². The molecule has 1 aromatic rings. The third kappa shape index (κ3) is 2.71. The van der Waals surface area contributed by atoms with Crippen molar-refractivity contribution >= 4 is 12.4 Å². The number of aryl methyl sites for hydroxylation is 1. The molecule has 2 rings (SSSR count). The second-order valence-corrected chi connectivity index (χ2v) is 3.62. The molecular formula is C11H17ClN2. The normalized spacial score (nSPS) is 21.4. The van der Waals surface area contributed by atoms with E-state index >= 15 is 0 Å². The van der Waals surface area contributed by atoms with E-state index in [0.29, 0.717) is 6.04 Å². The molecule has 0 unspecified atom stereocenters. The summed E-state index contributed by atoms with van der Waals surface area (Å²) >= 11 is 0. The number of hydrogen-bond donors (Lipinski definition) is 2. The van der Waals surface area contributed by atoms with Gasteiger partial charge < -0.3 is 10.6 Å². The highest BCUT2D eigenvalue weighted by Crippen LogP contribution is 2.14. The van der Waals surface area contributed by atoms with Crippen LogP contribution in [0.4, 0.5) is 0 Å². The fraction of sp³-hybridized carbons (Fsp3) is 0.455. The molecule has 1 atom stereocenters. The number of piperazine rings is 1. The molecule has 14 heavy (non-hydrogen) atoms. The summed E-state index contributed by atoms with van der Waals surface area (Å²) in [5.74, 6) is 0. The van der Waals surface area contributed by atoms with Gasteiger partial charge in [-0.2, -0.15) is 0 Å². The van der Waals surface area contributed by atoms with Crippen LogP contribution in [0.5, 0.6) is 0 Å². The molecule has 0 aromatic heterocycles. The van der Waals surface area contributed by atoms with Gasteiger partial charge in [0.1, 0.15) is 0 Å². The lowest BCUT2D eigenvalue weighted by Gasteiger charge is -2.25. The lowest BCUT2D eigenvalue weighted by atomic mass is 10.0. The monoisotopic (exact) mass is 212 g/mol. The maximum atomic E-state index is 3.50. The lowest BCUT2D eigenvalue weighted by molar-refractivity contribution is 0.430. The highest BCUT2D eigenvalue weighted by molar-refractivity contribution is 5.85. The topological polar surface area (TPSA) is 24.1 Å². The summed E-state index contributed by atoms with van der Waals surface area (Å²) in [6.45, 7) is 5.34. The van der Waals surface area contributed by atoms with Gasteiger partial charge >= 0.3 is 0 Å². The second-order valence-electron chi connectivity index (χ2n) is 3.62. The third-order valence-electron chi connectivity index (χ3n) is 2.49. The van der Waals surface area contributed by atoms with Crippen LogP contribution in [0.15, 0.2) is 24.3 Å². The van der Waals surface area contributed by atoms with Gasteiger partial charge in [-0.1, -0.05) is 29.8 Å². The van der Waals surface area contributed by atoms with Crippen LogP contribution in [0.3, 0.4) is 0 Å². The summed E-state index contributed by atoms with van der Waals surface area (Å²) in [6, 6.07) is 9.21. The van der Waals surface area contributed by atoms with Gasteiger partial charge in [-0.3, -0.25) is 0 Å². The minimum absolute atomic E-state index is 0. The number of hydrogen-bond acceptors (Lipinski definition) is 2. The summed E-state index contributed by atoms with van der Waals surface area (Å²) in [7, 11) is 0. The Balaban J connectivity index is 0.000000980. The van der Waals surface area contributed by atoms with Gasteiger partial charge in [0, 0.05) is 25.7 Å². The summed E-state index contributed by atoms with van der Waals surface area (Å²) in [5, 5.41) is 6.89. The largest absolute Gasteiger partial charge is 0.314 e. The zero-order valence-electron chi connectivity index (χ0n) is 8.42. The first kappa shape index (κ1) is 11.5. The van der Waals surface area contributed by atoms with E-state index in [2.05, 4.69) is 41.8 Å². The molecule has 1 heterocycles. The Morgan fingerprint density at radius 1 is 1.29 bits per heavy atom. The molecular weight excluding hydrogens is 196 g/mol. The first-order valence-electron chi connectivity index (χ1n) is 4.87. The highest BCUT2D eigenvalue weighted by Gasteiger charge is 2.13. The predicted octanol–water partition coefficient (Wildman–Crippen LogP) is 1.65. The number of halogens is 1. The fourth-order valence-electron chi connectivity index (χ4n) is 1.78. The Morgan fingerprint density at radius 3 is 2.79 bits per heavy atom. The molecule has 0 aliphatic carbocycles. The van der Waals surface area contributed by atoms with Crippen molar-refractivity contribution in [3.05, 3.63) is 35.4 Å². The van der Waals surface area contributed by atoms with Crippen LogP contribution in [0.25, 0.3) is 0 Å². The van der Waals surface area contributed by atoms with Gasteiger partial charge in [-0.25, -0.2) is 0 Å². The van der Waals surface area contributed by atoms with Crippen LogP contribution in [-0.4, -0.2) is 19.6 Å². The summed E-state index contributed by atoms with van der Waals surface area (Å²) in [4.78, 5) is 0. The molecule has 0 radical (unpaired) electrons. The van der Waals surface area contributed by atoms with E-state index in [9.17, 15) is 0 Å². The van der Waals surface area contributed by atoms with Crippen molar-refractivity contribution in [1.29, 1.82) is 0 Å². The Hall–Kier alpha value is -0.570. The van der Waals surface area contributed by atoms with E-state index in [1.54, 1.807) is 0 Å². The molecule has 1 aromatic carbocycles.